The molecular weight excluding hydrogens is 601 g/mol. The summed E-state index contributed by atoms with van der Waals surface area (Å²) < 4.78 is 0. The molecule has 0 nitrogen and oxygen atoms in total. The van der Waals surface area contributed by atoms with E-state index >= 15 is 0 Å². The monoisotopic (exact) mass is 632 g/mol. The second kappa shape index (κ2) is 11.6. The van der Waals surface area contributed by atoms with Gasteiger partial charge >= 0.3 is 0 Å². The minimum Gasteiger partial charge on any atom is -0.0622 e. The molecule has 0 heteroatoms. The normalized spacial score (nSPS) is 11.6. The van der Waals surface area contributed by atoms with Crippen molar-refractivity contribution in [2.45, 2.75) is 0 Å². The van der Waals surface area contributed by atoms with Crippen LogP contribution in [0, 0.1) is 0 Å². The molecule has 0 spiro atoms. The number of fused-ring (bicyclic) bond motifs is 6. The van der Waals surface area contributed by atoms with E-state index in [0.29, 0.717) is 0 Å². The molecule has 0 amide bonds. The van der Waals surface area contributed by atoms with E-state index in [2.05, 4.69) is 194 Å². The first-order valence-electron chi connectivity index (χ1n) is 17.4. The zero-order valence-corrected chi connectivity index (χ0v) is 27.5. The number of rotatable bonds is 4. The van der Waals surface area contributed by atoms with Crippen molar-refractivity contribution < 1.29 is 0 Å². The molecule has 10 aromatic carbocycles. The second-order valence-corrected chi connectivity index (χ2v) is 13.2. The SMILES string of the molecule is c1ccc(-c2ccc(-c3c4ccccc4c(-c4cc5ccccc5c5ccccc45)c4cc(-c5cccc6ccccc56)ccc34)cc2)cc1. The van der Waals surface area contributed by atoms with E-state index in [9.17, 15) is 0 Å². The van der Waals surface area contributed by atoms with Crippen LogP contribution < -0.4 is 0 Å². The molecule has 0 fully saturated rings. The van der Waals surface area contributed by atoms with Gasteiger partial charge < -0.3 is 0 Å². The predicted molar refractivity (Wildman–Crippen MR) is 216 cm³/mol. The van der Waals surface area contributed by atoms with Crippen molar-refractivity contribution in [2.24, 2.45) is 0 Å². The van der Waals surface area contributed by atoms with Crippen LogP contribution in [0.1, 0.15) is 0 Å². The van der Waals surface area contributed by atoms with E-state index in [4.69, 9.17) is 0 Å². The third kappa shape index (κ3) is 4.54. The van der Waals surface area contributed by atoms with E-state index in [1.165, 1.54) is 98.4 Å². The maximum absolute atomic E-state index is 2.45. The number of hydrogen-bond donors (Lipinski definition) is 0. The van der Waals surface area contributed by atoms with Gasteiger partial charge in [0.25, 0.3) is 0 Å². The molecule has 10 rings (SSSR count). The summed E-state index contributed by atoms with van der Waals surface area (Å²) in [5.41, 5.74) is 9.97. The van der Waals surface area contributed by atoms with Crippen LogP contribution in [0.4, 0.5) is 0 Å². The van der Waals surface area contributed by atoms with E-state index in [0.717, 1.165) is 0 Å². The Morgan fingerprint density at radius 2 is 0.720 bits per heavy atom. The average Bonchev–Trinajstić information content (AvgIpc) is 3.20. The highest BCUT2D eigenvalue weighted by Gasteiger charge is 2.20. The molecule has 0 atom stereocenters. The Hall–Kier alpha value is -6.50. The van der Waals surface area contributed by atoms with Gasteiger partial charge in [-0.25, -0.2) is 0 Å². The van der Waals surface area contributed by atoms with Crippen molar-refractivity contribution in [1.82, 2.24) is 0 Å². The van der Waals surface area contributed by atoms with Gasteiger partial charge in [0.05, 0.1) is 0 Å². The molecule has 0 N–H and O–H groups in total. The summed E-state index contributed by atoms with van der Waals surface area (Å²) in [5.74, 6) is 0. The lowest BCUT2D eigenvalue weighted by molar-refractivity contribution is 1.61. The average molecular weight is 633 g/mol. The Morgan fingerprint density at radius 3 is 1.50 bits per heavy atom. The molecule has 0 aliphatic heterocycles. The minimum absolute atomic E-state index is 1.22. The summed E-state index contributed by atoms with van der Waals surface area (Å²) in [7, 11) is 0. The topological polar surface area (TPSA) is 0 Å². The summed E-state index contributed by atoms with van der Waals surface area (Å²) in [6.07, 6.45) is 0. The lowest BCUT2D eigenvalue weighted by Crippen LogP contribution is -1.93. The van der Waals surface area contributed by atoms with Crippen LogP contribution >= 0.6 is 0 Å². The Bertz CT molecular complexity index is 2890. The molecule has 0 radical (unpaired) electrons. The Kier molecular flexibility index (Phi) is 6.60. The Balaban J connectivity index is 1.33. The molecule has 0 aliphatic carbocycles. The summed E-state index contributed by atoms with van der Waals surface area (Å²) in [4.78, 5) is 0. The third-order valence-corrected chi connectivity index (χ3v) is 10.4. The fourth-order valence-corrected chi connectivity index (χ4v) is 8.15. The van der Waals surface area contributed by atoms with Gasteiger partial charge in [0, 0.05) is 0 Å². The van der Waals surface area contributed by atoms with Gasteiger partial charge in [0.1, 0.15) is 0 Å². The molecule has 0 unspecified atom stereocenters. The van der Waals surface area contributed by atoms with Crippen LogP contribution in [0.5, 0.6) is 0 Å². The van der Waals surface area contributed by atoms with E-state index in [-0.39, 0.29) is 0 Å². The summed E-state index contributed by atoms with van der Waals surface area (Å²) in [6, 6.07) is 71.4. The summed E-state index contributed by atoms with van der Waals surface area (Å²) in [6.45, 7) is 0. The van der Waals surface area contributed by atoms with E-state index in [1.54, 1.807) is 0 Å². The molecule has 232 valence electrons. The van der Waals surface area contributed by atoms with Crippen LogP contribution in [0.25, 0.3) is 98.4 Å². The molecule has 0 aliphatic rings. The molecule has 0 saturated heterocycles. The van der Waals surface area contributed by atoms with Gasteiger partial charge in [-0.1, -0.05) is 182 Å². The molecule has 0 saturated carbocycles. The minimum atomic E-state index is 1.22. The van der Waals surface area contributed by atoms with Gasteiger partial charge in [-0.05, 0) is 111 Å². The van der Waals surface area contributed by atoms with Crippen molar-refractivity contribution in [1.29, 1.82) is 0 Å². The fourth-order valence-electron chi connectivity index (χ4n) is 8.15. The molecule has 50 heavy (non-hydrogen) atoms. The van der Waals surface area contributed by atoms with Gasteiger partial charge in [0.15, 0.2) is 0 Å². The van der Waals surface area contributed by atoms with Gasteiger partial charge in [-0.2, -0.15) is 0 Å². The third-order valence-electron chi connectivity index (χ3n) is 10.4. The largest absolute Gasteiger partial charge is 0.0622 e. The van der Waals surface area contributed by atoms with Crippen molar-refractivity contribution in [2.75, 3.05) is 0 Å². The Morgan fingerprint density at radius 1 is 0.200 bits per heavy atom. The van der Waals surface area contributed by atoms with Crippen LogP contribution in [0.3, 0.4) is 0 Å². The van der Waals surface area contributed by atoms with Crippen molar-refractivity contribution in [3.05, 3.63) is 194 Å². The zero-order valence-electron chi connectivity index (χ0n) is 27.5. The van der Waals surface area contributed by atoms with Crippen molar-refractivity contribution >= 4 is 53.9 Å². The highest BCUT2D eigenvalue weighted by molar-refractivity contribution is 6.26. The first kappa shape index (κ1) is 28.5. The lowest BCUT2D eigenvalue weighted by atomic mass is 9.82. The van der Waals surface area contributed by atoms with Crippen LogP contribution in [-0.2, 0) is 0 Å². The highest BCUT2D eigenvalue weighted by Crippen LogP contribution is 2.48. The first-order valence-corrected chi connectivity index (χ1v) is 17.4. The highest BCUT2D eigenvalue weighted by atomic mass is 14.2. The quantitative estimate of drug-likeness (QED) is 0.134. The van der Waals surface area contributed by atoms with Gasteiger partial charge in [-0.3, -0.25) is 0 Å². The van der Waals surface area contributed by atoms with Gasteiger partial charge in [0.2, 0.25) is 0 Å². The van der Waals surface area contributed by atoms with E-state index < -0.39 is 0 Å². The number of hydrogen-bond acceptors (Lipinski definition) is 0. The molecule has 10 aromatic rings. The van der Waals surface area contributed by atoms with Crippen LogP contribution in [0.15, 0.2) is 194 Å². The number of benzene rings is 10. The predicted octanol–water partition coefficient (Wildman–Crippen LogP) is 14.1. The van der Waals surface area contributed by atoms with Crippen LogP contribution in [0.2, 0.25) is 0 Å². The summed E-state index contributed by atoms with van der Waals surface area (Å²) in [5, 5.41) is 12.7. The second-order valence-electron chi connectivity index (χ2n) is 13.2. The maximum Gasteiger partial charge on any atom is -0.00197 e. The van der Waals surface area contributed by atoms with E-state index in [1.807, 2.05) is 0 Å². The lowest BCUT2D eigenvalue weighted by Gasteiger charge is -2.21. The van der Waals surface area contributed by atoms with Crippen molar-refractivity contribution in [3.8, 4) is 44.5 Å². The summed E-state index contributed by atoms with van der Waals surface area (Å²) >= 11 is 0. The fraction of sp³-hybridized carbons (Fsp3) is 0. The zero-order chi connectivity index (χ0) is 33.0. The molecular formula is C50H32. The smallest absolute Gasteiger partial charge is 0.00197 e. The van der Waals surface area contributed by atoms with Gasteiger partial charge in [-0.15, -0.1) is 0 Å². The van der Waals surface area contributed by atoms with Crippen LogP contribution in [-0.4, -0.2) is 0 Å². The Labute approximate surface area is 291 Å². The molecule has 0 bridgehead atoms. The molecule has 0 aromatic heterocycles. The standard InChI is InChI=1S/C50H32/c1-2-13-33(14-3-1)34-25-27-36(28-26-34)49-44-22-10-11-23-45(44)50(47-31-37-16-5-7-19-41(37)42-20-8-9-21-43(42)47)48-32-38(29-30-46(48)49)40-24-12-17-35-15-4-6-18-39(35)40/h1-32H. The maximum atomic E-state index is 2.45. The first-order chi connectivity index (χ1) is 24.8. The van der Waals surface area contributed by atoms with Crippen molar-refractivity contribution in [3.63, 3.8) is 0 Å². The molecule has 0 heterocycles.